The molecule has 0 unspecified atom stereocenters. The highest BCUT2D eigenvalue weighted by Gasteiger charge is 2.24. The van der Waals surface area contributed by atoms with Gasteiger partial charge in [0.2, 0.25) is 0 Å². The van der Waals surface area contributed by atoms with Crippen molar-refractivity contribution in [3.8, 4) is 0 Å². The fourth-order valence-electron chi connectivity index (χ4n) is 0.599. The van der Waals surface area contributed by atoms with Crippen molar-refractivity contribution in [3.63, 3.8) is 0 Å². The molecule has 1 aromatic rings. The van der Waals surface area contributed by atoms with Gasteiger partial charge in [-0.25, -0.2) is 9.59 Å². The summed E-state index contributed by atoms with van der Waals surface area (Å²) in [4.78, 5) is 20.7. The van der Waals surface area contributed by atoms with E-state index in [-0.39, 0.29) is 10.7 Å². The molecule has 12 heavy (non-hydrogen) atoms. The van der Waals surface area contributed by atoms with Crippen LogP contribution in [0.25, 0.3) is 0 Å². The van der Waals surface area contributed by atoms with Gasteiger partial charge in [0.1, 0.15) is 6.26 Å². The summed E-state index contributed by atoms with van der Waals surface area (Å²) in [7, 11) is 0. The summed E-state index contributed by atoms with van der Waals surface area (Å²) in [5, 5.41) is 19.9. The fourth-order valence-corrected chi connectivity index (χ4v) is 0.599. The number of carboxylic acid groups (broad SMARTS) is 2. The molecular weight excluding hydrogens is 168 g/mol. The van der Waals surface area contributed by atoms with Crippen LogP contribution in [-0.4, -0.2) is 27.6 Å². The first-order valence-corrected chi connectivity index (χ1v) is 2.79. The van der Waals surface area contributed by atoms with Crippen molar-refractivity contribution in [1.82, 2.24) is 5.16 Å². The van der Waals surface area contributed by atoms with Crippen LogP contribution in [0.3, 0.4) is 0 Å². The highest BCUT2D eigenvalue weighted by molar-refractivity contribution is 6.06. The minimum atomic E-state index is -1.63. The Balaban J connectivity index is 2.96. The van der Waals surface area contributed by atoms with Crippen LogP contribution in [0.4, 0.5) is 15.4 Å². The zero-order valence-corrected chi connectivity index (χ0v) is 5.67. The van der Waals surface area contributed by atoms with Gasteiger partial charge in [-0.05, 0) is 0 Å². The second-order valence-electron chi connectivity index (χ2n) is 1.76. The summed E-state index contributed by atoms with van der Waals surface area (Å²) in [5.41, 5.74) is 0. The Morgan fingerprint density at radius 3 is 2.33 bits per heavy atom. The van der Waals surface area contributed by atoms with Crippen molar-refractivity contribution in [3.05, 3.63) is 12.3 Å². The molecule has 2 amide bonds. The van der Waals surface area contributed by atoms with Gasteiger partial charge in [-0.15, -0.1) is 0 Å². The monoisotopic (exact) mass is 172 g/mol. The Morgan fingerprint density at radius 2 is 2.00 bits per heavy atom. The Bertz CT molecular complexity index is 279. The molecule has 7 nitrogen and oxygen atoms in total. The van der Waals surface area contributed by atoms with Crippen LogP contribution in [0.2, 0.25) is 0 Å². The van der Waals surface area contributed by atoms with E-state index in [0.717, 1.165) is 12.3 Å². The first kappa shape index (κ1) is 8.05. The van der Waals surface area contributed by atoms with Crippen LogP contribution in [-0.2, 0) is 0 Å². The molecule has 0 atom stereocenters. The van der Waals surface area contributed by atoms with Crippen LogP contribution >= 0.6 is 0 Å². The van der Waals surface area contributed by atoms with Crippen LogP contribution in [0.15, 0.2) is 16.9 Å². The highest BCUT2D eigenvalue weighted by Crippen LogP contribution is 2.09. The number of hydrogen-bond donors (Lipinski definition) is 2. The quantitative estimate of drug-likeness (QED) is 0.650. The van der Waals surface area contributed by atoms with Gasteiger partial charge in [-0.2, -0.15) is 4.90 Å². The van der Waals surface area contributed by atoms with E-state index in [1.807, 2.05) is 0 Å². The van der Waals surface area contributed by atoms with Crippen LogP contribution < -0.4 is 4.90 Å². The van der Waals surface area contributed by atoms with Crippen molar-refractivity contribution in [2.75, 3.05) is 4.90 Å². The molecule has 0 radical (unpaired) electrons. The zero-order chi connectivity index (χ0) is 9.14. The molecule has 0 aliphatic carbocycles. The van der Waals surface area contributed by atoms with E-state index >= 15 is 0 Å². The third-order valence-electron chi connectivity index (χ3n) is 1.04. The van der Waals surface area contributed by atoms with Crippen LogP contribution in [0.5, 0.6) is 0 Å². The lowest BCUT2D eigenvalue weighted by atomic mass is 10.6. The molecular formula is C5H4N2O5. The normalized spacial score (nSPS) is 9.33. The standard InChI is InChI=1S/C5H4N2O5/c8-4(9)7(5(10)11)3-1-2-12-6-3/h1-2H,(H,8,9)(H,10,11). The van der Waals surface area contributed by atoms with Crippen molar-refractivity contribution in [1.29, 1.82) is 0 Å². The average molecular weight is 172 g/mol. The van der Waals surface area contributed by atoms with E-state index in [0.29, 0.717) is 0 Å². The van der Waals surface area contributed by atoms with Gasteiger partial charge in [0, 0.05) is 6.07 Å². The third kappa shape index (κ3) is 1.34. The van der Waals surface area contributed by atoms with Crippen LogP contribution in [0.1, 0.15) is 0 Å². The summed E-state index contributed by atoms with van der Waals surface area (Å²) in [5.74, 6) is -0.282. The van der Waals surface area contributed by atoms with Crippen molar-refractivity contribution >= 4 is 18.0 Å². The van der Waals surface area contributed by atoms with E-state index in [1.165, 1.54) is 0 Å². The Morgan fingerprint density at radius 1 is 1.42 bits per heavy atom. The second-order valence-corrected chi connectivity index (χ2v) is 1.76. The maximum absolute atomic E-state index is 10.3. The minimum Gasteiger partial charge on any atom is -0.464 e. The summed E-state index contributed by atoms with van der Waals surface area (Å²) in [6.07, 6.45) is -2.18. The van der Waals surface area contributed by atoms with Crippen molar-refractivity contribution < 1.29 is 24.3 Å². The molecule has 7 heteroatoms. The minimum absolute atomic E-state index is 0.0451. The molecule has 1 aromatic heterocycles. The number of imide groups is 1. The van der Waals surface area contributed by atoms with Crippen molar-refractivity contribution in [2.24, 2.45) is 0 Å². The van der Waals surface area contributed by atoms with Crippen molar-refractivity contribution in [2.45, 2.75) is 0 Å². The first-order chi connectivity index (χ1) is 5.63. The zero-order valence-electron chi connectivity index (χ0n) is 5.67. The molecule has 64 valence electrons. The average Bonchev–Trinajstić information content (AvgIpc) is 2.37. The number of carbonyl (C=O) groups is 2. The summed E-state index contributed by atoms with van der Waals surface area (Å²) in [6.45, 7) is 0. The van der Waals surface area contributed by atoms with E-state index in [2.05, 4.69) is 9.68 Å². The predicted octanol–water partition coefficient (Wildman–Crippen LogP) is 0.837. The lowest BCUT2D eigenvalue weighted by molar-refractivity contribution is 0.183. The third-order valence-corrected chi connectivity index (χ3v) is 1.04. The molecule has 0 spiro atoms. The number of amides is 2. The fraction of sp³-hybridized carbons (Fsp3) is 0. The smallest absolute Gasteiger partial charge is 0.422 e. The van der Waals surface area contributed by atoms with E-state index in [9.17, 15) is 9.59 Å². The van der Waals surface area contributed by atoms with E-state index in [1.54, 1.807) is 0 Å². The maximum Gasteiger partial charge on any atom is 0.422 e. The molecule has 1 heterocycles. The summed E-state index contributed by atoms with van der Waals surface area (Å²) in [6, 6.07) is 1.13. The number of nitrogens with zero attached hydrogens (tertiary/aromatic N) is 2. The van der Waals surface area contributed by atoms with Gasteiger partial charge in [-0.1, -0.05) is 5.16 Å². The number of anilines is 1. The van der Waals surface area contributed by atoms with E-state index in [4.69, 9.17) is 10.2 Å². The Kier molecular flexibility index (Phi) is 1.95. The Labute approximate surface area is 65.8 Å². The molecule has 0 aliphatic rings. The van der Waals surface area contributed by atoms with Gasteiger partial charge < -0.3 is 14.7 Å². The molecule has 0 aliphatic heterocycles. The number of aromatic nitrogens is 1. The van der Waals surface area contributed by atoms with Gasteiger partial charge in [0.05, 0.1) is 0 Å². The largest absolute Gasteiger partial charge is 0.464 e. The lowest BCUT2D eigenvalue weighted by Crippen LogP contribution is -2.34. The highest BCUT2D eigenvalue weighted by atomic mass is 16.5. The van der Waals surface area contributed by atoms with Gasteiger partial charge >= 0.3 is 12.2 Å². The van der Waals surface area contributed by atoms with Crippen LogP contribution in [0, 0.1) is 0 Å². The molecule has 0 saturated heterocycles. The molecule has 0 bridgehead atoms. The molecule has 0 saturated carbocycles. The summed E-state index contributed by atoms with van der Waals surface area (Å²) >= 11 is 0. The number of hydrogen-bond acceptors (Lipinski definition) is 4. The molecule has 2 N–H and O–H groups in total. The molecule has 1 rings (SSSR count). The van der Waals surface area contributed by atoms with Gasteiger partial charge in [0.15, 0.2) is 5.82 Å². The van der Waals surface area contributed by atoms with E-state index < -0.39 is 12.2 Å². The molecule has 0 aromatic carbocycles. The number of rotatable bonds is 1. The second kappa shape index (κ2) is 2.91. The Hall–Kier alpha value is -2.05. The maximum atomic E-state index is 10.3. The lowest BCUT2D eigenvalue weighted by Gasteiger charge is -2.07. The van der Waals surface area contributed by atoms with Gasteiger partial charge in [-0.3, -0.25) is 0 Å². The molecule has 0 fully saturated rings. The topological polar surface area (TPSA) is 104 Å². The summed E-state index contributed by atoms with van der Waals surface area (Å²) < 4.78 is 4.28. The predicted molar refractivity (Wildman–Crippen MR) is 35.0 cm³/mol. The SMILES string of the molecule is O=C(O)N(C(=O)O)c1ccon1. The first-order valence-electron chi connectivity index (χ1n) is 2.79. The van der Waals surface area contributed by atoms with Gasteiger partial charge in [0.25, 0.3) is 0 Å².